The van der Waals surface area contributed by atoms with E-state index < -0.39 is 21.4 Å². The van der Waals surface area contributed by atoms with E-state index in [4.69, 9.17) is 4.74 Å². The minimum Gasteiger partial charge on any atom is -0.481 e. The Hall–Kier alpha value is -2.29. The molecule has 1 aromatic carbocycles. The lowest BCUT2D eigenvalue weighted by atomic mass is 9.99. The van der Waals surface area contributed by atoms with Crippen molar-refractivity contribution in [2.45, 2.75) is 39.7 Å². The second kappa shape index (κ2) is 6.15. The summed E-state index contributed by atoms with van der Waals surface area (Å²) in [5.74, 6) is 0.365. The quantitative estimate of drug-likeness (QED) is 0.721. The summed E-state index contributed by atoms with van der Waals surface area (Å²) in [5.41, 5.74) is 2.69. The van der Waals surface area contributed by atoms with Crippen molar-refractivity contribution >= 4 is 33.2 Å². The van der Waals surface area contributed by atoms with Gasteiger partial charge in [0, 0.05) is 5.56 Å². The molecule has 0 radical (unpaired) electrons. The number of anilines is 2. The van der Waals surface area contributed by atoms with Crippen LogP contribution in [0.3, 0.4) is 0 Å². The molecule has 1 unspecified atom stereocenters. The van der Waals surface area contributed by atoms with E-state index in [0.717, 1.165) is 11.1 Å². The van der Waals surface area contributed by atoms with Crippen molar-refractivity contribution in [2.75, 3.05) is 28.7 Å². The standard InChI is InChI=1S/C17H23N3O5S/c1-9-10(2)15-14(18-12(21)7-25-15)11(3)13(9)19-16(22)20-17(4)5-6-26(23,24)8-17/h5-8H2,1-4H3,(H,18,21)(H2,19,20,22). The highest BCUT2D eigenvalue weighted by Crippen LogP contribution is 2.41. The number of carbonyl (C=O) groups is 2. The van der Waals surface area contributed by atoms with Crippen LogP contribution in [-0.2, 0) is 14.6 Å². The SMILES string of the molecule is Cc1c(C)c2c(c(C)c1NC(=O)NC1(C)CCS(=O)(=O)C1)NC(=O)CO2. The van der Waals surface area contributed by atoms with Crippen molar-refractivity contribution in [3.8, 4) is 5.75 Å². The van der Waals surface area contributed by atoms with Crippen LogP contribution in [0.15, 0.2) is 0 Å². The Morgan fingerprint density at radius 3 is 2.50 bits per heavy atom. The van der Waals surface area contributed by atoms with E-state index in [0.29, 0.717) is 29.1 Å². The molecule has 2 aliphatic rings. The third kappa shape index (κ3) is 3.35. The molecule has 1 atom stereocenters. The number of carbonyl (C=O) groups excluding carboxylic acids is 2. The Balaban J connectivity index is 1.86. The zero-order valence-corrected chi connectivity index (χ0v) is 16.1. The third-order valence-electron chi connectivity index (χ3n) is 5.02. The van der Waals surface area contributed by atoms with Crippen LogP contribution in [0, 0.1) is 20.8 Å². The lowest BCUT2D eigenvalue weighted by Crippen LogP contribution is -2.48. The fourth-order valence-electron chi connectivity index (χ4n) is 3.48. The van der Waals surface area contributed by atoms with Crippen LogP contribution in [0.25, 0.3) is 0 Å². The van der Waals surface area contributed by atoms with Crippen LogP contribution < -0.4 is 20.7 Å². The van der Waals surface area contributed by atoms with Crippen molar-refractivity contribution in [3.05, 3.63) is 16.7 Å². The Morgan fingerprint density at radius 1 is 1.19 bits per heavy atom. The zero-order valence-electron chi connectivity index (χ0n) is 15.3. The van der Waals surface area contributed by atoms with E-state index in [1.54, 1.807) is 13.8 Å². The van der Waals surface area contributed by atoms with Gasteiger partial charge in [-0.25, -0.2) is 13.2 Å². The van der Waals surface area contributed by atoms with Crippen LogP contribution in [0.5, 0.6) is 5.75 Å². The minimum atomic E-state index is -3.12. The largest absolute Gasteiger partial charge is 0.481 e. The molecule has 1 aromatic rings. The molecule has 142 valence electrons. The highest BCUT2D eigenvalue weighted by molar-refractivity contribution is 7.91. The summed E-state index contributed by atoms with van der Waals surface area (Å²) >= 11 is 0. The van der Waals surface area contributed by atoms with Gasteiger partial charge in [0.25, 0.3) is 5.91 Å². The van der Waals surface area contributed by atoms with E-state index in [1.165, 1.54) is 0 Å². The first-order chi connectivity index (χ1) is 12.0. The Morgan fingerprint density at radius 2 is 1.88 bits per heavy atom. The summed E-state index contributed by atoms with van der Waals surface area (Å²) in [6.07, 6.45) is 0.383. The fraction of sp³-hybridized carbons (Fsp3) is 0.529. The van der Waals surface area contributed by atoms with Gasteiger partial charge in [0.05, 0.1) is 28.4 Å². The maximum Gasteiger partial charge on any atom is 0.319 e. The van der Waals surface area contributed by atoms with Crippen molar-refractivity contribution in [2.24, 2.45) is 0 Å². The first-order valence-corrected chi connectivity index (χ1v) is 10.2. The summed E-state index contributed by atoms with van der Waals surface area (Å²) in [6, 6.07) is -0.474. The number of ether oxygens (including phenoxy) is 1. The number of rotatable bonds is 2. The number of hydrogen-bond donors (Lipinski definition) is 3. The minimum absolute atomic E-state index is 0.0349. The predicted octanol–water partition coefficient (Wildman–Crippen LogP) is 1.64. The second-order valence-electron chi connectivity index (χ2n) is 7.27. The van der Waals surface area contributed by atoms with Crippen LogP contribution in [0.1, 0.15) is 30.0 Å². The van der Waals surface area contributed by atoms with E-state index >= 15 is 0 Å². The van der Waals surface area contributed by atoms with Gasteiger partial charge in [-0.1, -0.05) is 0 Å². The van der Waals surface area contributed by atoms with E-state index in [1.807, 2.05) is 13.8 Å². The summed E-state index contributed by atoms with van der Waals surface area (Å²) in [7, 11) is -3.12. The van der Waals surface area contributed by atoms with Crippen LogP contribution in [0.4, 0.5) is 16.2 Å². The Bertz CT molecular complexity index is 910. The summed E-state index contributed by atoms with van der Waals surface area (Å²) in [5, 5.41) is 8.37. The third-order valence-corrected chi connectivity index (χ3v) is 6.93. The lowest BCUT2D eigenvalue weighted by molar-refractivity contribution is -0.118. The number of nitrogens with one attached hydrogen (secondary N) is 3. The number of fused-ring (bicyclic) bond motifs is 1. The van der Waals surface area contributed by atoms with Crippen molar-refractivity contribution in [3.63, 3.8) is 0 Å². The molecular weight excluding hydrogens is 358 g/mol. The molecule has 0 spiro atoms. The van der Waals surface area contributed by atoms with Crippen LogP contribution >= 0.6 is 0 Å². The first-order valence-electron chi connectivity index (χ1n) is 8.37. The first kappa shape index (κ1) is 18.5. The second-order valence-corrected chi connectivity index (χ2v) is 9.46. The van der Waals surface area contributed by atoms with Crippen molar-refractivity contribution in [1.82, 2.24) is 5.32 Å². The van der Waals surface area contributed by atoms with Crippen molar-refractivity contribution < 1.29 is 22.7 Å². The maximum atomic E-state index is 12.5. The normalized spacial score (nSPS) is 23.6. The molecule has 3 amide bonds. The van der Waals surface area contributed by atoms with Gasteiger partial charge >= 0.3 is 6.03 Å². The number of urea groups is 1. The summed E-state index contributed by atoms with van der Waals surface area (Å²) in [4.78, 5) is 24.1. The molecule has 2 heterocycles. The summed E-state index contributed by atoms with van der Waals surface area (Å²) < 4.78 is 28.9. The van der Waals surface area contributed by atoms with Crippen LogP contribution in [-0.4, -0.2) is 44.0 Å². The van der Waals surface area contributed by atoms with Gasteiger partial charge in [-0.3, -0.25) is 4.79 Å². The van der Waals surface area contributed by atoms with Gasteiger partial charge in [0.2, 0.25) is 0 Å². The van der Waals surface area contributed by atoms with E-state index in [2.05, 4.69) is 16.0 Å². The maximum absolute atomic E-state index is 12.5. The molecule has 0 bridgehead atoms. The molecule has 2 aliphatic heterocycles. The highest BCUT2D eigenvalue weighted by Gasteiger charge is 2.39. The van der Waals surface area contributed by atoms with Gasteiger partial charge in [0.1, 0.15) is 5.75 Å². The number of sulfone groups is 1. The molecular formula is C17H23N3O5S. The monoisotopic (exact) mass is 381 g/mol. The van der Waals surface area contributed by atoms with E-state index in [9.17, 15) is 18.0 Å². The molecule has 1 fully saturated rings. The lowest BCUT2D eigenvalue weighted by Gasteiger charge is -2.28. The van der Waals surface area contributed by atoms with Gasteiger partial charge in [-0.2, -0.15) is 0 Å². The summed E-state index contributed by atoms with van der Waals surface area (Å²) in [6.45, 7) is 7.20. The molecule has 3 N–H and O–H groups in total. The predicted molar refractivity (Wildman–Crippen MR) is 98.6 cm³/mol. The molecule has 3 rings (SSSR count). The van der Waals surface area contributed by atoms with Crippen LogP contribution in [0.2, 0.25) is 0 Å². The molecule has 0 aromatic heterocycles. The zero-order chi connectivity index (χ0) is 19.3. The number of amides is 3. The highest BCUT2D eigenvalue weighted by atomic mass is 32.2. The fourth-order valence-corrected chi connectivity index (χ4v) is 5.57. The van der Waals surface area contributed by atoms with Crippen molar-refractivity contribution in [1.29, 1.82) is 0 Å². The Kier molecular flexibility index (Phi) is 4.38. The van der Waals surface area contributed by atoms with E-state index in [-0.39, 0.29) is 24.0 Å². The average molecular weight is 381 g/mol. The molecule has 1 saturated heterocycles. The molecule has 9 heteroatoms. The molecule has 0 aliphatic carbocycles. The smallest absolute Gasteiger partial charge is 0.319 e. The van der Waals surface area contributed by atoms with Gasteiger partial charge in [-0.05, 0) is 45.2 Å². The van der Waals surface area contributed by atoms with Gasteiger partial charge in [0.15, 0.2) is 16.4 Å². The van der Waals surface area contributed by atoms with Gasteiger partial charge in [-0.15, -0.1) is 0 Å². The number of hydrogen-bond acceptors (Lipinski definition) is 5. The molecule has 26 heavy (non-hydrogen) atoms. The Labute approximate surface area is 152 Å². The molecule has 0 saturated carbocycles. The number of benzene rings is 1. The topological polar surface area (TPSA) is 114 Å². The van der Waals surface area contributed by atoms with Gasteiger partial charge < -0.3 is 20.7 Å². The molecule has 8 nitrogen and oxygen atoms in total. The average Bonchev–Trinajstić information content (AvgIpc) is 2.82.